The monoisotopic (exact) mass is 332 g/mol. The van der Waals surface area contributed by atoms with Crippen molar-refractivity contribution in [3.8, 4) is 0 Å². The molecule has 3 N–H and O–H groups in total. The van der Waals surface area contributed by atoms with Gasteiger partial charge in [0.15, 0.2) is 0 Å². The van der Waals surface area contributed by atoms with Crippen molar-refractivity contribution in [3.05, 3.63) is 64.1 Å². The van der Waals surface area contributed by atoms with Crippen LogP contribution in [0.5, 0.6) is 0 Å². The lowest BCUT2D eigenvalue weighted by Gasteiger charge is -2.15. The third kappa shape index (κ3) is 3.46. The number of halogens is 1. The summed E-state index contributed by atoms with van der Waals surface area (Å²) in [7, 11) is 0. The van der Waals surface area contributed by atoms with E-state index in [-0.39, 0.29) is 5.91 Å². The Kier molecular flexibility index (Phi) is 4.93. The molecule has 4 heteroatoms. The number of hydrogen-bond acceptors (Lipinski definition) is 2. The molecule has 0 heterocycles. The Morgan fingerprint density at radius 3 is 2.60 bits per heavy atom. The fourth-order valence-corrected chi connectivity index (χ4v) is 2.41. The molecule has 1 atom stereocenters. The summed E-state index contributed by atoms with van der Waals surface area (Å²) >= 11 is 3.43. The highest BCUT2D eigenvalue weighted by molar-refractivity contribution is 9.10. The van der Waals surface area contributed by atoms with Crippen LogP contribution < -0.4 is 11.1 Å². The number of nitrogens with one attached hydrogen (secondary N) is 1. The quantitative estimate of drug-likeness (QED) is 0.897. The number of hydrogen-bond donors (Lipinski definition) is 2. The predicted octanol–water partition coefficient (Wildman–Crippen LogP) is 3.65. The SMILES string of the molecule is CCc1cc(Br)ccc1NC(=O)C(N)c1ccccc1. The molecule has 20 heavy (non-hydrogen) atoms. The Hall–Kier alpha value is -1.65. The largest absolute Gasteiger partial charge is 0.324 e. The van der Waals surface area contributed by atoms with E-state index >= 15 is 0 Å². The van der Waals surface area contributed by atoms with E-state index in [2.05, 4.69) is 28.2 Å². The van der Waals surface area contributed by atoms with Crippen LogP contribution in [0.2, 0.25) is 0 Å². The fourth-order valence-electron chi connectivity index (χ4n) is 2.00. The zero-order valence-electron chi connectivity index (χ0n) is 11.3. The average molecular weight is 333 g/mol. The van der Waals surface area contributed by atoms with E-state index in [1.54, 1.807) is 0 Å². The number of carbonyl (C=O) groups excluding carboxylic acids is 1. The Bertz CT molecular complexity index is 599. The van der Waals surface area contributed by atoms with E-state index in [9.17, 15) is 4.79 Å². The van der Waals surface area contributed by atoms with Gasteiger partial charge in [0.05, 0.1) is 0 Å². The lowest BCUT2D eigenvalue weighted by atomic mass is 10.1. The van der Waals surface area contributed by atoms with E-state index in [0.717, 1.165) is 27.7 Å². The summed E-state index contributed by atoms with van der Waals surface area (Å²) in [4.78, 5) is 12.2. The number of rotatable bonds is 4. The van der Waals surface area contributed by atoms with Crippen LogP contribution in [0.15, 0.2) is 53.0 Å². The molecule has 0 aliphatic rings. The van der Waals surface area contributed by atoms with Crippen LogP contribution in [0, 0.1) is 0 Å². The summed E-state index contributed by atoms with van der Waals surface area (Å²) in [6.07, 6.45) is 0.843. The first-order chi connectivity index (χ1) is 9.61. The second-order valence-corrected chi connectivity index (χ2v) is 5.45. The molecule has 0 aromatic heterocycles. The summed E-state index contributed by atoms with van der Waals surface area (Å²) in [5, 5.41) is 2.90. The van der Waals surface area contributed by atoms with Crippen molar-refractivity contribution >= 4 is 27.5 Å². The molecular weight excluding hydrogens is 316 g/mol. The zero-order valence-corrected chi connectivity index (χ0v) is 12.9. The minimum absolute atomic E-state index is 0.201. The van der Waals surface area contributed by atoms with Gasteiger partial charge >= 0.3 is 0 Å². The van der Waals surface area contributed by atoms with Crippen LogP contribution in [0.4, 0.5) is 5.69 Å². The Morgan fingerprint density at radius 1 is 1.25 bits per heavy atom. The van der Waals surface area contributed by atoms with Gasteiger partial charge in [-0.15, -0.1) is 0 Å². The van der Waals surface area contributed by atoms with Crippen molar-refractivity contribution in [2.24, 2.45) is 5.73 Å². The lowest BCUT2D eigenvalue weighted by molar-refractivity contribution is -0.117. The molecule has 2 aromatic rings. The van der Waals surface area contributed by atoms with Gasteiger partial charge in [0, 0.05) is 10.2 Å². The van der Waals surface area contributed by atoms with Crippen molar-refractivity contribution in [2.45, 2.75) is 19.4 Å². The number of benzene rings is 2. The smallest absolute Gasteiger partial charge is 0.245 e. The average Bonchev–Trinajstić information content (AvgIpc) is 2.49. The van der Waals surface area contributed by atoms with Gasteiger partial charge in [0.1, 0.15) is 6.04 Å². The topological polar surface area (TPSA) is 55.1 Å². The fraction of sp³-hybridized carbons (Fsp3) is 0.188. The number of aryl methyl sites for hydroxylation is 1. The first-order valence-corrected chi connectivity index (χ1v) is 7.31. The van der Waals surface area contributed by atoms with Gasteiger partial charge in [-0.2, -0.15) is 0 Å². The van der Waals surface area contributed by atoms with Crippen LogP contribution in [0.3, 0.4) is 0 Å². The van der Waals surface area contributed by atoms with Crippen LogP contribution >= 0.6 is 15.9 Å². The molecule has 0 radical (unpaired) electrons. The minimum atomic E-state index is -0.662. The molecule has 0 saturated heterocycles. The highest BCUT2D eigenvalue weighted by Crippen LogP contribution is 2.22. The summed E-state index contributed by atoms with van der Waals surface area (Å²) < 4.78 is 1.000. The maximum absolute atomic E-state index is 12.2. The van der Waals surface area contributed by atoms with Crippen LogP contribution in [0.1, 0.15) is 24.1 Å². The summed E-state index contributed by atoms with van der Waals surface area (Å²) in [6.45, 7) is 2.05. The highest BCUT2D eigenvalue weighted by Gasteiger charge is 2.16. The maximum atomic E-state index is 12.2. The van der Waals surface area contributed by atoms with E-state index in [1.807, 2.05) is 48.5 Å². The van der Waals surface area contributed by atoms with Gasteiger partial charge in [-0.3, -0.25) is 4.79 Å². The molecule has 0 saturated carbocycles. The highest BCUT2D eigenvalue weighted by atomic mass is 79.9. The second-order valence-electron chi connectivity index (χ2n) is 4.53. The summed E-state index contributed by atoms with van der Waals surface area (Å²) in [5.74, 6) is -0.201. The van der Waals surface area contributed by atoms with Crippen LogP contribution in [-0.2, 0) is 11.2 Å². The van der Waals surface area contributed by atoms with E-state index in [4.69, 9.17) is 5.73 Å². The zero-order chi connectivity index (χ0) is 14.5. The number of carbonyl (C=O) groups is 1. The van der Waals surface area contributed by atoms with Gasteiger partial charge in [-0.05, 0) is 35.7 Å². The van der Waals surface area contributed by atoms with Crippen LogP contribution in [-0.4, -0.2) is 5.91 Å². The molecule has 2 rings (SSSR count). The molecule has 0 bridgehead atoms. The van der Waals surface area contributed by atoms with Crippen LogP contribution in [0.25, 0.3) is 0 Å². The summed E-state index contributed by atoms with van der Waals surface area (Å²) in [5.41, 5.74) is 8.68. The molecule has 1 unspecified atom stereocenters. The Balaban J connectivity index is 2.16. The van der Waals surface area contributed by atoms with Crippen molar-refractivity contribution < 1.29 is 4.79 Å². The minimum Gasteiger partial charge on any atom is -0.324 e. The molecule has 0 aliphatic heterocycles. The number of anilines is 1. The maximum Gasteiger partial charge on any atom is 0.245 e. The summed E-state index contributed by atoms with van der Waals surface area (Å²) in [6, 6.07) is 14.5. The van der Waals surface area contributed by atoms with Gasteiger partial charge in [-0.25, -0.2) is 0 Å². The molecule has 1 amide bonds. The first kappa shape index (κ1) is 14.8. The third-order valence-corrected chi connectivity index (χ3v) is 3.64. The van der Waals surface area contributed by atoms with Gasteiger partial charge in [-0.1, -0.05) is 53.2 Å². The van der Waals surface area contributed by atoms with Crippen molar-refractivity contribution in [1.29, 1.82) is 0 Å². The molecule has 3 nitrogen and oxygen atoms in total. The molecule has 104 valence electrons. The first-order valence-electron chi connectivity index (χ1n) is 6.51. The van der Waals surface area contributed by atoms with Gasteiger partial charge < -0.3 is 11.1 Å². The molecular formula is C16H17BrN2O. The van der Waals surface area contributed by atoms with Crippen molar-refractivity contribution in [3.63, 3.8) is 0 Å². The van der Waals surface area contributed by atoms with Crippen molar-refractivity contribution in [2.75, 3.05) is 5.32 Å². The van der Waals surface area contributed by atoms with E-state index in [1.165, 1.54) is 0 Å². The van der Waals surface area contributed by atoms with E-state index in [0.29, 0.717) is 0 Å². The molecule has 2 aromatic carbocycles. The lowest BCUT2D eigenvalue weighted by Crippen LogP contribution is -2.28. The standard InChI is InChI=1S/C16H17BrN2O/c1-2-11-10-13(17)8-9-14(11)19-16(20)15(18)12-6-4-3-5-7-12/h3-10,15H,2,18H2,1H3,(H,19,20). The van der Waals surface area contributed by atoms with Crippen molar-refractivity contribution in [1.82, 2.24) is 0 Å². The van der Waals surface area contributed by atoms with Gasteiger partial charge in [0.2, 0.25) is 5.91 Å². The molecule has 0 spiro atoms. The normalized spacial score (nSPS) is 11.9. The number of nitrogens with two attached hydrogens (primary N) is 1. The number of amides is 1. The van der Waals surface area contributed by atoms with E-state index < -0.39 is 6.04 Å². The molecule has 0 aliphatic carbocycles. The Morgan fingerprint density at radius 2 is 1.95 bits per heavy atom. The second kappa shape index (κ2) is 6.68. The third-order valence-electron chi connectivity index (χ3n) is 3.15. The van der Waals surface area contributed by atoms with Gasteiger partial charge in [0.25, 0.3) is 0 Å². The predicted molar refractivity (Wildman–Crippen MR) is 85.5 cm³/mol. The Labute approximate surface area is 127 Å². The molecule has 0 fully saturated rings.